The van der Waals surface area contributed by atoms with Crippen molar-refractivity contribution < 1.29 is 14.5 Å². The number of nitrogens with one attached hydrogen (secondary N) is 4. The van der Waals surface area contributed by atoms with Crippen LogP contribution < -0.4 is 31.0 Å². The van der Waals surface area contributed by atoms with E-state index < -0.39 is 5.91 Å². The van der Waals surface area contributed by atoms with E-state index in [9.17, 15) is 4.79 Å². The fourth-order valence-corrected chi connectivity index (χ4v) is 4.73. The number of methoxy groups -OCH3 is 1. The molecule has 1 aliphatic heterocycles. The third-order valence-corrected chi connectivity index (χ3v) is 6.63. The highest BCUT2D eigenvalue weighted by Gasteiger charge is 2.20. The highest BCUT2D eigenvalue weighted by Crippen LogP contribution is 2.32. The van der Waals surface area contributed by atoms with Gasteiger partial charge in [-0.05, 0) is 43.3 Å². The summed E-state index contributed by atoms with van der Waals surface area (Å²) >= 11 is 0. The highest BCUT2D eigenvalue weighted by atomic mass is 16.5. The number of hydrogen-bond donors (Lipinski definition) is 4. The average molecular weight is 502 g/mol. The number of anilines is 5. The lowest BCUT2D eigenvalue weighted by Crippen LogP contribution is -2.46. The van der Waals surface area contributed by atoms with Crippen LogP contribution in [0, 0.1) is 0 Å². The molecule has 10 heteroatoms. The van der Waals surface area contributed by atoms with Crippen LogP contribution in [0.1, 0.15) is 23.7 Å². The summed E-state index contributed by atoms with van der Waals surface area (Å²) in [6, 6.07) is 15.2. The van der Waals surface area contributed by atoms with Crippen LogP contribution in [-0.4, -0.2) is 60.6 Å². The van der Waals surface area contributed by atoms with E-state index in [2.05, 4.69) is 49.5 Å². The summed E-state index contributed by atoms with van der Waals surface area (Å²) < 4.78 is 5.73. The molecule has 0 atom stereocenters. The zero-order valence-electron chi connectivity index (χ0n) is 21.2. The van der Waals surface area contributed by atoms with Crippen LogP contribution in [-0.2, 0) is 0 Å². The number of piperazine rings is 1. The molecule has 2 aromatic carbocycles. The minimum absolute atomic E-state index is 0.392. The van der Waals surface area contributed by atoms with Crippen molar-refractivity contribution in [2.24, 2.45) is 5.73 Å². The first kappa shape index (κ1) is 24.4. The number of primary amides is 1. The number of carbonyl (C=O) groups is 1. The van der Waals surface area contributed by atoms with Gasteiger partial charge in [-0.15, -0.1) is 0 Å². The van der Waals surface area contributed by atoms with Gasteiger partial charge in [0.15, 0.2) is 5.75 Å². The number of amides is 1. The van der Waals surface area contributed by atoms with Crippen molar-refractivity contribution in [3.05, 3.63) is 60.3 Å². The zero-order chi connectivity index (χ0) is 25.8. The van der Waals surface area contributed by atoms with E-state index in [1.807, 2.05) is 24.4 Å². The lowest BCUT2D eigenvalue weighted by Gasteiger charge is -2.36. The first-order valence-electron chi connectivity index (χ1n) is 12.5. The number of aromatic nitrogens is 3. The molecule has 3 heterocycles. The lowest BCUT2D eigenvalue weighted by molar-refractivity contribution is -0.333. The number of para-hydroxylation sites is 1. The van der Waals surface area contributed by atoms with Gasteiger partial charge in [-0.25, -0.2) is 4.98 Å². The number of ether oxygens (including phenoxy) is 1. The van der Waals surface area contributed by atoms with Gasteiger partial charge < -0.3 is 20.7 Å². The van der Waals surface area contributed by atoms with E-state index in [0.29, 0.717) is 23.0 Å². The largest absolute Gasteiger partial charge is 0.493 e. The predicted molar refractivity (Wildman–Crippen MR) is 146 cm³/mol. The number of fused-ring (bicyclic) bond motifs is 1. The SMILES string of the molecule is CCCN1CCN(c2ccc(Nc3nc(Nc4ccccc4C(N)=O)c4cc[nH]c4[nH+]3)c(OC)c2)CC1. The minimum atomic E-state index is -0.508. The van der Waals surface area contributed by atoms with Crippen molar-refractivity contribution in [1.82, 2.24) is 14.9 Å². The molecule has 6 N–H and O–H groups in total. The zero-order valence-corrected chi connectivity index (χ0v) is 21.2. The van der Waals surface area contributed by atoms with Crippen LogP contribution in [0.5, 0.6) is 5.75 Å². The molecule has 0 radical (unpaired) electrons. The standard InChI is InChI=1S/C27H32N8O2/c1-3-12-34-13-15-35(16-14-34)18-8-9-22(23(17-18)37-2)31-27-32-25-20(10-11-29-25)26(33-27)30-21-7-5-4-6-19(21)24(28)36/h4-11,17H,3,12-16H2,1-2H3,(H2,28,36)(H3,29,30,31,32,33)/p+1. The Morgan fingerprint density at radius 1 is 1.11 bits per heavy atom. The first-order chi connectivity index (χ1) is 18.1. The predicted octanol–water partition coefficient (Wildman–Crippen LogP) is 3.50. The maximum atomic E-state index is 11.9. The van der Waals surface area contributed by atoms with Crippen LogP contribution in [0.3, 0.4) is 0 Å². The second-order valence-electron chi connectivity index (χ2n) is 9.07. The molecule has 10 nitrogen and oxygen atoms in total. The molecule has 2 aromatic heterocycles. The number of rotatable bonds is 9. The van der Waals surface area contributed by atoms with Crippen LogP contribution in [0.4, 0.5) is 28.8 Å². The summed E-state index contributed by atoms with van der Waals surface area (Å²) in [4.78, 5) is 28.0. The van der Waals surface area contributed by atoms with Gasteiger partial charge in [-0.3, -0.25) is 20.0 Å². The van der Waals surface area contributed by atoms with Crippen molar-refractivity contribution in [3.63, 3.8) is 0 Å². The molecule has 0 bridgehead atoms. The summed E-state index contributed by atoms with van der Waals surface area (Å²) in [7, 11) is 1.67. The number of aromatic amines is 2. The lowest BCUT2D eigenvalue weighted by atomic mass is 10.1. The molecule has 0 aliphatic carbocycles. The van der Waals surface area contributed by atoms with Crippen molar-refractivity contribution in [2.45, 2.75) is 13.3 Å². The van der Waals surface area contributed by atoms with E-state index in [-0.39, 0.29) is 0 Å². The van der Waals surface area contributed by atoms with Crippen LogP contribution in [0.2, 0.25) is 0 Å². The molecule has 4 aromatic rings. The molecule has 0 unspecified atom stereocenters. The van der Waals surface area contributed by atoms with Gasteiger partial charge in [0.1, 0.15) is 5.69 Å². The summed E-state index contributed by atoms with van der Waals surface area (Å²) in [6.45, 7) is 7.51. The van der Waals surface area contributed by atoms with Gasteiger partial charge in [0.25, 0.3) is 5.91 Å². The maximum absolute atomic E-state index is 11.9. The molecular weight excluding hydrogens is 468 g/mol. The molecule has 0 spiro atoms. The van der Waals surface area contributed by atoms with Gasteiger partial charge in [-0.1, -0.05) is 24.0 Å². The smallest absolute Gasteiger partial charge is 0.351 e. The Kier molecular flexibility index (Phi) is 7.09. The first-order valence-corrected chi connectivity index (χ1v) is 12.5. The molecule has 0 saturated carbocycles. The Morgan fingerprint density at radius 3 is 2.68 bits per heavy atom. The van der Waals surface area contributed by atoms with Crippen LogP contribution >= 0.6 is 0 Å². The normalized spacial score (nSPS) is 14.1. The number of H-pyrrole nitrogens is 2. The molecular formula is C27H33N8O2+. The number of benzene rings is 2. The monoisotopic (exact) mass is 501 g/mol. The van der Waals surface area contributed by atoms with Crippen molar-refractivity contribution in [3.8, 4) is 5.75 Å². The number of nitrogens with two attached hydrogens (primary N) is 1. The number of nitrogens with zero attached hydrogens (tertiary/aromatic N) is 3. The Morgan fingerprint density at radius 2 is 1.92 bits per heavy atom. The Bertz CT molecular complexity index is 1390. The minimum Gasteiger partial charge on any atom is -0.493 e. The quantitative estimate of drug-likeness (QED) is 0.277. The molecule has 1 amide bonds. The molecule has 1 saturated heterocycles. The average Bonchev–Trinajstić information content (AvgIpc) is 3.39. The van der Waals surface area contributed by atoms with Gasteiger partial charge in [-0.2, -0.15) is 0 Å². The van der Waals surface area contributed by atoms with Crippen LogP contribution in [0.15, 0.2) is 54.7 Å². The second-order valence-corrected chi connectivity index (χ2v) is 9.07. The molecule has 1 aliphatic rings. The van der Waals surface area contributed by atoms with E-state index in [0.717, 1.165) is 60.9 Å². The fourth-order valence-electron chi connectivity index (χ4n) is 4.73. The van der Waals surface area contributed by atoms with E-state index in [4.69, 9.17) is 15.5 Å². The number of hydrogen-bond acceptors (Lipinski definition) is 7. The number of carbonyl (C=O) groups excluding carboxylic acids is 1. The Labute approximate surface area is 215 Å². The maximum Gasteiger partial charge on any atom is 0.351 e. The Hall–Kier alpha value is -4.31. The fraction of sp³-hybridized carbons (Fsp3) is 0.296. The summed E-state index contributed by atoms with van der Waals surface area (Å²) in [5.74, 6) is 1.30. The van der Waals surface area contributed by atoms with E-state index in [1.165, 1.54) is 6.42 Å². The molecule has 192 valence electrons. The molecule has 5 rings (SSSR count). The summed E-state index contributed by atoms with van der Waals surface area (Å²) in [6.07, 6.45) is 3.01. The van der Waals surface area contributed by atoms with Crippen molar-refractivity contribution in [1.29, 1.82) is 0 Å². The van der Waals surface area contributed by atoms with Crippen LogP contribution in [0.25, 0.3) is 11.0 Å². The third kappa shape index (κ3) is 5.29. The highest BCUT2D eigenvalue weighted by molar-refractivity contribution is 6.00. The summed E-state index contributed by atoms with van der Waals surface area (Å²) in [5.41, 5.74) is 9.25. The van der Waals surface area contributed by atoms with Gasteiger partial charge >= 0.3 is 5.95 Å². The van der Waals surface area contributed by atoms with Gasteiger partial charge in [0, 0.05) is 44.1 Å². The molecule has 37 heavy (non-hydrogen) atoms. The van der Waals surface area contributed by atoms with E-state index in [1.54, 1.807) is 25.3 Å². The van der Waals surface area contributed by atoms with Gasteiger partial charge in [0.2, 0.25) is 11.5 Å². The molecule has 1 fully saturated rings. The van der Waals surface area contributed by atoms with Gasteiger partial charge in [0.05, 0.1) is 23.7 Å². The van der Waals surface area contributed by atoms with E-state index >= 15 is 0 Å². The van der Waals surface area contributed by atoms with Crippen molar-refractivity contribution >= 4 is 45.8 Å². The third-order valence-electron chi connectivity index (χ3n) is 6.63. The summed E-state index contributed by atoms with van der Waals surface area (Å²) in [5, 5.41) is 7.46. The van der Waals surface area contributed by atoms with Crippen molar-refractivity contribution in [2.75, 3.05) is 55.4 Å². The Balaban J connectivity index is 1.40. The topological polar surface area (TPSA) is 126 Å². The second kappa shape index (κ2) is 10.8.